The van der Waals surface area contributed by atoms with Crippen LogP contribution >= 0.6 is 11.6 Å². The molecule has 7 heteroatoms. The van der Waals surface area contributed by atoms with Crippen LogP contribution in [0.1, 0.15) is 39.0 Å². The van der Waals surface area contributed by atoms with E-state index in [0.29, 0.717) is 31.4 Å². The third-order valence-corrected chi connectivity index (χ3v) is 6.09. The monoisotopic (exact) mass is 333 g/mol. The fraction of sp³-hybridized carbons (Fsp3) is 0.786. The normalized spacial score (nSPS) is 21.3. The van der Waals surface area contributed by atoms with Crippen LogP contribution < -0.4 is 0 Å². The highest BCUT2D eigenvalue weighted by Crippen LogP contribution is 2.25. The molecule has 21 heavy (non-hydrogen) atoms. The van der Waals surface area contributed by atoms with E-state index in [1.807, 2.05) is 0 Å². The summed E-state index contributed by atoms with van der Waals surface area (Å²) in [5.74, 6) is 1.08. The Labute approximate surface area is 132 Å². The maximum absolute atomic E-state index is 12.7. The number of rotatable bonds is 6. The van der Waals surface area contributed by atoms with Crippen molar-refractivity contribution < 1.29 is 8.42 Å². The van der Waals surface area contributed by atoms with Crippen LogP contribution in [0.3, 0.4) is 0 Å². The lowest BCUT2D eigenvalue weighted by Crippen LogP contribution is -2.32. The highest BCUT2D eigenvalue weighted by molar-refractivity contribution is 7.89. The number of sulfonamides is 1. The number of hydrogen-bond acceptors (Lipinski definition) is 3. The van der Waals surface area contributed by atoms with E-state index >= 15 is 0 Å². The maximum Gasteiger partial charge on any atom is 0.246 e. The van der Waals surface area contributed by atoms with E-state index in [1.165, 1.54) is 19.0 Å². The molecular formula is C14H24ClN3O2S. The van der Waals surface area contributed by atoms with E-state index in [9.17, 15) is 8.42 Å². The minimum Gasteiger partial charge on any atom is -0.270 e. The first-order valence-electron chi connectivity index (χ1n) is 7.66. The molecule has 0 amide bonds. The molecule has 2 heterocycles. The molecule has 5 nitrogen and oxygen atoms in total. The van der Waals surface area contributed by atoms with E-state index in [1.54, 1.807) is 15.2 Å². The molecule has 1 fully saturated rings. The zero-order valence-electron chi connectivity index (χ0n) is 12.5. The van der Waals surface area contributed by atoms with Gasteiger partial charge in [-0.15, -0.1) is 11.6 Å². The van der Waals surface area contributed by atoms with Crippen molar-refractivity contribution in [3.63, 3.8) is 0 Å². The number of hydrogen-bond donors (Lipinski definition) is 0. The van der Waals surface area contributed by atoms with Crippen molar-refractivity contribution in [2.24, 2.45) is 5.92 Å². The van der Waals surface area contributed by atoms with Gasteiger partial charge in [0, 0.05) is 25.2 Å². The van der Waals surface area contributed by atoms with E-state index in [0.717, 1.165) is 19.3 Å². The zero-order valence-corrected chi connectivity index (χ0v) is 14.1. The summed E-state index contributed by atoms with van der Waals surface area (Å²) in [6, 6.07) is 0. The third kappa shape index (κ3) is 4.20. The Morgan fingerprint density at radius 2 is 2.19 bits per heavy atom. The number of aryl methyl sites for hydroxylation is 1. The molecule has 1 aromatic heterocycles. The van der Waals surface area contributed by atoms with Crippen molar-refractivity contribution >= 4 is 21.6 Å². The largest absolute Gasteiger partial charge is 0.270 e. The fourth-order valence-electron chi connectivity index (χ4n) is 2.91. The Morgan fingerprint density at radius 3 is 2.90 bits per heavy atom. The van der Waals surface area contributed by atoms with Gasteiger partial charge in [0.05, 0.1) is 12.7 Å². The quantitative estimate of drug-likeness (QED) is 0.752. The van der Waals surface area contributed by atoms with Gasteiger partial charge in [-0.1, -0.05) is 19.8 Å². The van der Waals surface area contributed by atoms with E-state index in [2.05, 4.69) is 12.0 Å². The summed E-state index contributed by atoms with van der Waals surface area (Å²) in [4.78, 5) is 0.279. The van der Waals surface area contributed by atoms with Crippen molar-refractivity contribution in [3.05, 3.63) is 12.4 Å². The van der Waals surface area contributed by atoms with Gasteiger partial charge in [-0.2, -0.15) is 9.40 Å². The van der Waals surface area contributed by atoms with E-state index in [4.69, 9.17) is 11.6 Å². The van der Waals surface area contributed by atoms with Gasteiger partial charge in [0.25, 0.3) is 0 Å². The van der Waals surface area contributed by atoms with Gasteiger partial charge in [0.15, 0.2) is 0 Å². The van der Waals surface area contributed by atoms with Crippen molar-refractivity contribution in [1.82, 2.24) is 14.1 Å². The molecule has 1 saturated heterocycles. The Bertz CT molecular complexity index is 544. The minimum atomic E-state index is -3.41. The summed E-state index contributed by atoms with van der Waals surface area (Å²) in [5.41, 5.74) is 0. The Morgan fingerprint density at radius 1 is 1.38 bits per heavy atom. The van der Waals surface area contributed by atoms with Crippen LogP contribution in [-0.4, -0.2) is 41.5 Å². The summed E-state index contributed by atoms with van der Waals surface area (Å²) in [7, 11) is -3.41. The maximum atomic E-state index is 12.7. The smallest absolute Gasteiger partial charge is 0.246 e. The second kappa shape index (κ2) is 7.61. The average Bonchev–Trinajstić information content (AvgIpc) is 2.79. The summed E-state index contributed by atoms with van der Waals surface area (Å²) in [6.07, 6.45) is 8.40. The van der Waals surface area contributed by atoms with E-state index in [-0.39, 0.29) is 4.90 Å². The lowest BCUT2D eigenvalue weighted by Gasteiger charge is -2.19. The van der Waals surface area contributed by atoms with Crippen LogP contribution in [0.4, 0.5) is 0 Å². The SMILES string of the molecule is CCCC1CCCN(S(=O)(=O)c2cnn(CCCl)c2)CC1. The molecule has 0 spiro atoms. The van der Waals surface area contributed by atoms with E-state index < -0.39 is 10.0 Å². The van der Waals surface area contributed by atoms with Gasteiger partial charge in [-0.05, 0) is 25.2 Å². The van der Waals surface area contributed by atoms with Crippen molar-refractivity contribution in [2.75, 3.05) is 19.0 Å². The Kier molecular flexibility index (Phi) is 6.08. The molecule has 120 valence electrons. The van der Waals surface area contributed by atoms with Gasteiger partial charge in [-0.25, -0.2) is 8.42 Å². The Balaban J connectivity index is 2.07. The van der Waals surface area contributed by atoms with Crippen molar-refractivity contribution in [2.45, 2.75) is 50.5 Å². The lowest BCUT2D eigenvalue weighted by molar-refractivity contribution is 0.400. The molecule has 2 rings (SSSR count). The highest BCUT2D eigenvalue weighted by atomic mass is 35.5. The van der Waals surface area contributed by atoms with Gasteiger partial charge >= 0.3 is 0 Å². The standard InChI is InChI=1S/C14H24ClN3O2S/c1-2-4-13-5-3-8-18(9-6-13)21(19,20)14-11-16-17(12-14)10-7-15/h11-13H,2-10H2,1H3. The Hall–Kier alpha value is -0.590. The predicted octanol–water partition coefficient (Wildman–Crippen LogP) is 2.71. The summed E-state index contributed by atoms with van der Waals surface area (Å²) < 4.78 is 28.5. The summed E-state index contributed by atoms with van der Waals surface area (Å²) in [6.45, 7) is 3.94. The molecule has 0 radical (unpaired) electrons. The summed E-state index contributed by atoms with van der Waals surface area (Å²) >= 11 is 5.65. The number of halogens is 1. The molecule has 0 bridgehead atoms. The zero-order chi connectivity index (χ0) is 15.3. The molecule has 1 aliphatic heterocycles. The predicted molar refractivity (Wildman–Crippen MR) is 84.0 cm³/mol. The number of alkyl halides is 1. The minimum absolute atomic E-state index is 0.279. The van der Waals surface area contributed by atoms with Gasteiger partial charge in [-0.3, -0.25) is 4.68 Å². The first-order valence-corrected chi connectivity index (χ1v) is 9.64. The molecule has 0 aliphatic carbocycles. The molecule has 1 aromatic rings. The summed E-state index contributed by atoms with van der Waals surface area (Å²) in [5, 5.41) is 4.06. The second-order valence-corrected chi connectivity index (χ2v) is 7.93. The number of aromatic nitrogens is 2. The molecule has 1 unspecified atom stereocenters. The van der Waals surface area contributed by atoms with Crippen molar-refractivity contribution in [1.29, 1.82) is 0 Å². The second-order valence-electron chi connectivity index (χ2n) is 5.62. The van der Waals surface area contributed by atoms with Crippen LogP contribution in [0.2, 0.25) is 0 Å². The molecule has 0 aromatic carbocycles. The molecule has 0 N–H and O–H groups in total. The first kappa shape index (κ1) is 16.8. The van der Waals surface area contributed by atoms with Gasteiger partial charge in [0.1, 0.15) is 4.90 Å². The first-order chi connectivity index (χ1) is 10.1. The molecule has 1 atom stereocenters. The topological polar surface area (TPSA) is 55.2 Å². The van der Waals surface area contributed by atoms with Crippen LogP contribution in [0.15, 0.2) is 17.3 Å². The lowest BCUT2D eigenvalue weighted by atomic mass is 9.96. The van der Waals surface area contributed by atoms with Gasteiger partial charge < -0.3 is 0 Å². The average molecular weight is 334 g/mol. The van der Waals surface area contributed by atoms with Crippen LogP contribution in [0, 0.1) is 5.92 Å². The van der Waals surface area contributed by atoms with Crippen LogP contribution in [0.5, 0.6) is 0 Å². The van der Waals surface area contributed by atoms with Gasteiger partial charge in [0.2, 0.25) is 10.0 Å². The molecule has 1 aliphatic rings. The van der Waals surface area contributed by atoms with Crippen molar-refractivity contribution in [3.8, 4) is 0 Å². The highest BCUT2D eigenvalue weighted by Gasteiger charge is 2.28. The van der Waals surface area contributed by atoms with Crippen LogP contribution in [-0.2, 0) is 16.6 Å². The third-order valence-electron chi connectivity index (χ3n) is 4.06. The molecule has 0 saturated carbocycles. The fourth-order valence-corrected chi connectivity index (χ4v) is 4.53. The molecular weight excluding hydrogens is 310 g/mol. The number of nitrogens with zero attached hydrogens (tertiary/aromatic N) is 3. The van der Waals surface area contributed by atoms with Crippen LogP contribution in [0.25, 0.3) is 0 Å².